The van der Waals surface area contributed by atoms with E-state index in [9.17, 15) is 5.11 Å². The van der Waals surface area contributed by atoms with Gasteiger partial charge in [-0.2, -0.15) is 0 Å². The summed E-state index contributed by atoms with van der Waals surface area (Å²) in [5.41, 5.74) is 1.14. The molecular formula is C20H29N3OS. The van der Waals surface area contributed by atoms with Crippen LogP contribution in [-0.4, -0.2) is 36.8 Å². The molecule has 25 heavy (non-hydrogen) atoms. The van der Waals surface area contributed by atoms with Crippen LogP contribution in [0.3, 0.4) is 0 Å². The van der Waals surface area contributed by atoms with Gasteiger partial charge in [0.15, 0.2) is 5.96 Å². The number of guanidine groups is 1. The average Bonchev–Trinajstić information content (AvgIpc) is 3.11. The topological polar surface area (TPSA) is 56.7 Å². The largest absolute Gasteiger partial charge is 0.391 e. The number of benzene rings is 1. The second-order valence-electron chi connectivity index (χ2n) is 6.33. The molecule has 0 amide bonds. The maximum absolute atomic E-state index is 10.2. The summed E-state index contributed by atoms with van der Waals surface area (Å²) >= 11 is 1.80. The second kappa shape index (κ2) is 10.9. The van der Waals surface area contributed by atoms with E-state index in [1.165, 1.54) is 4.88 Å². The molecule has 0 aliphatic rings. The number of nitrogens with one attached hydrogen (secondary N) is 2. The fourth-order valence-electron chi connectivity index (χ4n) is 2.60. The maximum atomic E-state index is 10.2. The number of thiophene rings is 1. The van der Waals surface area contributed by atoms with Gasteiger partial charge in [-0.15, -0.1) is 11.3 Å². The highest BCUT2D eigenvalue weighted by Crippen LogP contribution is 2.14. The van der Waals surface area contributed by atoms with E-state index in [-0.39, 0.29) is 0 Å². The van der Waals surface area contributed by atoms with Crippen molar-refractivity contribution in [3.05, 3.63) is 58.3 Å². The summed E-state index contributed by atoms with van der Waals surface area (Å²) in [4.78, 5) is 6.06. The molecule has 0 aliphatic heterocycles. The van der Waals surface area contributed by atoms with Crippen LogP contribution in [0.4, 0.5) is 0 Å². The van der Waals surface area contributed by atoms with E-state index in [4.69, 9.17) is 0 Å². The van der Waals surface area contributed by atoms with Gasteiger partial charge in [0.1, 0.15) is 0 Å². The third-order valence-electron chi connectivity index (χ3n) is 3.85. The van der Waals surface area contributed by atoms with Gasteiger partial charge in [0, 0.05) is 30.9 Å². The predicted octanol–water partition coefficient (Wildman–Crippen LogP) is 3.09. The van der Waals surface area contributed by atoms with Crippen LogP contribution in [0.2, 0.25) is 0 Å². The van der Waals surface area contributed by atoms with Gasteiger partial charge in [-0.25, -0.2) is 0 Å². The first kappa shape index (κ1) is 19.5. The predicted molar refractivity (Wildman–Crippen MR) is 107 cm³/mol. The summed E-state index contributed by atoms with van der Waals surface area (Å²) in [6, 6.07) is 14.3. The number of hydrogen-bond donors (Lipinski definition) is 3. The molecule has 2 atom stereocenters. The molecule has 0 fully saturated rings. The monoisotopic (exact) mass is 359 g/mol. The van der Waals surface area contributed by atoms with Gasteiger partial charge in [0.2, 0.25) is 0 Å². The lowest BCUT2D eigenvalue weighted by Gasteiger charge is -2.16. The van der Waals surface area contributed by atoms with Crippen LogP contribution in [0.1, 0.15) is 24.3 Å². The minimum absolute atomic E-state index is 0.435. The zero-order chi connectivity index (χ0) is 17.9. The zero-order valence-electron chi connectivity index (χ0n) is 15.1. The molecular weight excluding hydrogens is 330 g/mol. The molecule has 0 saturated heterocycles. The lowest BCUT2D eigenvalue weighted by atomic mass is 10.1. The molecule has 0 spiro atoms. The van der Waals surface area contributed by atoms with Crippen molar-refractivity contribution in [2.24, 2.45) is 10.9 Å². The number of hydrogen-bond acceptors (Lipinski definition) is 3. The van der Waals surface area contributed by atoms with Crippen molar-refractivity contribution < 1.29 is 5.11 Å². The zero-order valence-corrected chi connectivity index (χ0v) is 15.9. The van der Waals surface area contributed by atoms with Crippen LogP contribution in [0.15, 0.2) is 52.8 Å². The second-order valence-corrected chi connectivity index (χ2v) is 7.36. The molecule has 0 aliphatic carbocycles. The summed E-state index contributed by atoms with van der Waals surface area (Å²) in [5, 5.41) is 18.8. The Morgan fingerprint density at radius 2 is 1.92 bits per heavy atom. The number of aliphatic hydroxyl groups is 1. The van der Waals surface area contributed by atoms with Gasteiger partial charge in [0.25, 0.3) is 0 Å². The molecule has 5 heteroatoms. The molecule has 1 aromatic carbocycles. The van der Waals surface area contributed by atoms with Gasteiger partial charge in [-0.1, -0.05) is 43.3 Å². The summed E-state index contributed by atoms with van der Waals surface area (Å²) in [6.45, 7) is 6.33. The quantitative estimate of drug-likeness (QED) is 0.476. The molecule has 4 nitrogen and oxygen atoms in total. The first-order chi connectivity index (χ1) is 12.2. The fraction of sp³-hybridized carbons (Fsp3) is 0.450. The van der Waals surface area contributed by atoms with Gasteiger partial charge in [0.05, 0.1) is 6.10 Å². The van der Waals surface area contributed by atoms with Crippen molar-refractivity contribution in [3.8, 4) is 0 Å². The summed E-state index contributed by atoms with van der Waals surface area (Å²) in [7, 11) is 0. The third kappa shape index (κ3) is 7.71. The van der Waals surface area contributed by atoms with Crippen LogP contribution < -0.4 is 10.6 Å². The van der Waals surface area contributed by atoms with Crippen molar-refractivity contribution in [2.45, 2.75) is 32.8 Å². The molecule has 0 bridgehead atoms. The molecule has 2 unspecified atom stereocenters. The Bertz CT molecular complexity index is 613. The Morgan fingerprint density at radius 3 is 2.60 bits per heavy atom. The van der Waals surface area contributed by atoms with Gasteiger partial charge < -0.3 is 15.7 Å². The average molecular weight is 360 g/mol. The first-order valence-electron chi connectivity index (χ1n) is 8.94. The van der Waals surface area contributed by atoms with Gasteiger partial charge in [-0.3, -0.25) is 4.99 Å². The van der Waals surface area contributed by atoms with Gasteiger partial charge in [-0.05, 0) is 36.3 Å². The molecule has 2 rings (SSSR count). The van der Waals surface area contributed by atoms with Crippen molar-refractivity contribution in [2.75, 3.05) is 19.6 Å². The van der Waals surface area contributed by atoms with Crippen LogP contribution in [0.5, 0.6) is 0 Å². The smallest absolute Gasteiger partial charge is 0.191 e. The maximum Gasteiger partial charge on any atom is 0.191 e. The lowest BCUT2D eigenvalue weighted by Crippen LogP contribution is -2.42. The number of aliphatic hydroxyl groups excluding tert-OH is 1. The fourth-order valence-corrected chi connectivity index (χ4v) is 3.47. The minimum atomic E-state index is -0.435. The van der Waals surface area contributed by atoms with Crippen LogP contribution in [-0.2, 0) is 12.8 Å². The highest BCUT2D eigenvalue weighted by atomic mass is 32.1. The summed E-state index contributed by atoms with van der Waals surface area (Å²) in [5.74, 6) is 1.26. The Kier molecular flexibility index (Phi) is 8.49. The third-order valence-corrected chi connectivity index (χ3v) is 4.75. The number of nitrogens with zero attached hydrogens (tertiary/aromatic N) is 1. The molecule has 0 radical (unpaired) electrons. The van der Waals surface area contributed by atoms with E-state index in [2.05, 4.69) is 40.1 Å². The van der Waals surface area contributed by atoms with E-state index in [0.29, 0.717) is 18.9 Å². The van der Waals surface area contributed by atoms with Crippen LogP contribution in [0, 0.1) is 5.92 Å². The summed E-state index contributed by atoms with van der Waals surface area (Å²) in [6.07, 6.45) is 1.26. The highest BCUT2D eigenvalue weighted by Gasteiger charge is 2.08. The van der Waals surface area contributed by atoms with E-state index in [1.807, 2.05) is 37.3 Å². The molecule has 1 heterocycles. The molecule has 1 aromatic heterocycles. The molecule has 2 aromatic rings. The van der Waals surface area contributed by atoms with E-state index < -0.39 is 6.10 Å². The Balaban J connectivity index is 1.78. The van der Waals surface area contributed by atoms with E-state index >= 15 is 0 Å². The van der Waals surface area contributed by atoms with Crippen molar-refractivity contribution in [1.82, 2.24) is 10.6 Å². The van der Waals surface area contributed by atoms with Crippen molar-refractivity contribution in [1.29, 1.82) is 0 Å². The van der Waals surface area contributed by atoms with Gasteiger partial charge >= 0.3 is 0 Å². The SMILES string of the molecule is CCNC(=NCC(C)Cc1cccs1)NCC(O)Cc1ccccc1. The van der Waals surface area contributed by atoms with Crippen molar-refractivity contribution in [3.63, 3.8) is 0 Å². The number of aliphatic imine (C=N–C) groups is 1. The molecule has 3 N–H and O–H groups in total. The van der Waals surface area contributed by atoms with Crippen molar-refractivity contribution >= 4 is 17.3 Å². The normalized spacial score (nSPS) is 14.1. The first-order valence-corrected chi connectivity index (χ1v) is 9.82. The van der Waals surface area contributed by atoms with Crippen LogP contribution in [0.25, 0.3) is 0 Å². The Hall–Kier alpha value is -1.85. The highest BCUT2D eigenvalue weighted by molar-refractivity contribution is 7.09. The molecule has 0 saturated carbocycles. The number of rotatable bonds is 9. The van der Waals surface area contributed by atoms with E-state index in [0.717, 1.165) is 31.0 Å². The van der Waals surface area contributed by atoms with E-state index in [1.54, 1.807) is 11.3 Å². The molecule has 136 valence electrons. The lowest BCUT2D eigenvalue weighted by molar-refractivity contribution is 0.177. The Morgan fingerprint density at radius 1 is 1.12 bits per heavy atom. The standard InChI is InChI=1S/C20H29N3OS/c1-3-21-20(22-14-16(2)12-19-10-7-11-25-19)23-15-18(24)13-17-8-5-4-6-9-17/h4-11,16,18,24H,3,12-15H2,1-2H3,(H2,21,22,23). The van der Waals surface area contributed by atoms with Crippen LogP contribution >= 0.6 is 11.3 Å². The Labute approximate surface area is 155 Å². The summed E-state index contributed by atoms with van der Waals surface area (Å²) < 4.78 is 0. The minimum Gasteiger partial charge on any atom is -0.391 e.